The highest BCUT2D eigenvalue weighted by atomic mass is 16.1. The van der Waals surface area contributed by atoms with Gasteiger partial charge >= 0.3 is 0 Å². The zero-order valence-corrected chi connectivity index (χ0v) is 13.0. The van der Waals surface area contributed by atoms with E-state index in [1.165, 1.54) is 0 Å². The van der Waals surface area contributed by atoms with E-state index in [0.717, 1.165) is 16.8 Å². The zero-order chi connectivity index (χ0) is 15.9. The zero-order valence-electron chi connectivity index (χ0n) is 13.0. The molecule has 22 heavy (non-hydrogen) atoms. The van der Waals surface area contributed by atoms with Gasteiger partial charge in [0.05, 0.1) is 0 Å². The molecule has 114 valence electrons. The van der Waals surface area contributed by atoms with Gasteiger partial charge in [-0.1, -0.05) is 48.5 Å². The molecule has 0 saturated heterocycles. The molecule has 0 fully saturated rings. The van der Waals surface area contributed by atoms with E-state index in [0.29, 0.717) is 12.8 Å². The van der Waals surface area contributed by atoms with Gasteiger partial charge in [-0.05, 0) is 37.0 Å². The Hall–Kier alpha value is -2.42. The van der Waals surface area contributed by atoms with E-state index >= 15 is 0 Å². The minimum Gasteiger partial charge on any atom is -0.326 e. The van der Waals surface area contributed by atoms with Crippen molar-refractivity contribution < 1.29 is 9.59 Å². The maximum atomic E-state index is 12.3. The summed E-state index contributed by atoms with van der Waals surface area (Å²) in [5, 5.41) is 2.93. The Morgan fingerprint density at radius 1 is 0.955 bits per heavy atom. The maximum absolute atomic E-state index is 12.3. The third-order valence-corrected chi connectivity index (χ3v) is 3.66. The summed E-state index contributed by atoms with van der Waals surface area (Å²) in [6.07, 6.45) is 0.684. The minimum absolute atomic E-state index is 0.0654. The van der Waals surface area contributed by atoms with Crippen molar-refractivity contribution in [3.8, 4) is 0 Å². The van der Waals surface area contributed by atoms with Crippen LogP contribution in [0.4, 0.5) is 5.69 Å². The second kappa shape index (κ2) is 7.55. The number of benzene rings is 2. The predicted molar refractivity (Wildman–Crippen MR) is 88.9 cm³/mol. The van der Waals surface area contributed by atoms with Gasteiger partial charge in [-0.25, -0.2) is 0 Å². The fraction of sp³-hybridized carbons (Fsp3) is 0.263. The first-order chi connectivity index (χ1) is 10.6. The summed E-state index contributed by atoms with van der Waals surface area (Å²) in [6, 6.07) is 17.4. The molecule has 0 radical (unpaired) electrons. The molecule has 0 aliphatic carbocycles. The highest BCUT2D eigenvalue weighted by Gasteiger charge is 2.18. The predicted octanol–water partition coefficient (Wildman–Crippen LogP) is 4.09. The second-order valence-corrected chi connectivity index (χ2v) is 5.58. The van der Waals surface area contributed by atoms with Crippen LogP contribution in [0.5, 0.6) is 0 Å². The van der Waals surface area contributed by atoms with E-state index < -0.39 is 0 Å². The van der Waals surface area contributed by atoms with Gasteiger partial charge < -0.3 is 10.1 Å². The summed E-state index contributed by atoms with van der Waals surface area (Å²) < 4.78 is 0. The molecule has 2 aromatic rings. The molecule has 0 bridgehead atoms. The van der Waals surface area contributed by atoms with Crippen molar-refractivity contribution in [3.05, 3.63) is 65.7 Å². The summed E-state index contributed by atoms with van der Waals surface area (Å²) in [5.41, 5.74) is 2.87. The number of para-hydroxylation sites is 1. The Balaban J connectivity index is 2.08. The van der Waals surface area contributed by atoms with Gasteiger partial charge in [-0.3, -0.25) is 4.79 Å². The number of aryl methyl sites for hydroxylation is 1. The average molecular weight is 295 g/mol. The number of hydrogen-bond donors (Lipinski definition) is 1. The van der Waals surface area contributed by atoms with Crippen LogP contribution < -0.4 is 5.32 Å². The largest absolute Gasteiger partial charge is 0.326 e. The molecule has 1 N–H and O–H groups in total. The number of amides is 1. The Kier molecular flexibility index (Phi) is 5.48. The van der Waals surface area contributed by atoms with Crippen molar-refractivity contribution in [1.82, 2.24) is 0 Å². The summed E-state index contributed by atoms with van der Waals surface area (Å²) in [6.45, 7) is 3.52. The van der Waals surface area contributed by atoms with Gasteiger partial charge in [-0.15, -0.1) is 0 Å². The van der Waals surface area contributed by atoms with E-state index in [2.05, 4.69) is 5.32 Å². The molecule has 1 atom stereocenters. The van der Waals surface area contributed by atoms with Crippen LogP contribution in [0.15, 0.2) is 54.6 Å². The molecule has 0 unspecified atom stereocenters. The molecule has 2 rings (SSSR count). The van der Waals surface area contributed by atoms with Crippen molar-refractivity contribution in [2.24, 2.45) is 0 Å². The van der Waals surface area contributed by atoms with E-state index in [4.69, 9.17) is 0 Å². The number of carbonyl (C=O) groups excluding carboxylic acids is 2. The first-order valence-corrected chi connectivity index (χ1v) is 7.46. The van der Waals surface area contributed by atoms with E-state index in [-0.39, 0.29) is 17.6 Å². The summed E-state index contributed by atoms with van der Waals surface area (Å²) >= 11 is 0. The molecule has 0 aliphatic heterocycles. The quantitative estimate of drug-likeness (QED) is 0.872. The number of anilines is 1. The Morgan fingerprint density at radius 3 is 2.23 bits per heavy atom. The lowest BCUT2D eigenvalue weighted by molar-refractivity contribution is -0.118. The topological polar surface area (TPSA) is 46.2 Å². The van der Waals surface area contributed by atoms with Crippen LogP contribution in [-0.2, 0) is 9.59 Å². The van der Waals surface area contributed by atoms with Gasteiger partial charge in [0.1, 0.15) is 5.78 Å². The molecular weight excluding hydrogens is 274 g/mol. The Bertz CT molecular complexity index is 649. The molecule has 0 spiro atoms. The van der Waals surface area contributed by atoms with Crippen LogP contribution >= 0.6 is 0 Å². The van der Waals surface area contributed by atoms with Crippen LogP contribution in [0.3, 0.4) is 0 Å². The molecular formula is C19H21NO2. The number of carbonyl (C=O) groups is 2. The SMILES string of the molecule is CC(=O)C[C@H](CC(=O)Nc1ccccc1C)c1ccccc1. The fourth-order valence-electron chi connectivity index (χ4n) is 2.52. The van der Waals surface area contributed by atoms with Crippen LogP contribution in [0.1, 0.15) is 36.8 Å². The molecule has 2 aromatic carbocycles. The molecule has 0 aromatic heterocycles. The Labute approximate surface area is 131 Å². The van der Waals surface area contributed by atoms with E-state index in [1.807, 2.05) is 61.5 Å². The highest BCUT2D eigenvalue weighted by Crippen LogP contribution is 2.24. The van der Waals surface area contributed by atoms with Crippen molar-refractivity contribution in [1.29, 1.82) is 0 Å². The van der Waals surface area contributed by atoms with E-state index in [9.17, 15) is 9.59 Å². The maximum Gasteiger partial charge on any atom is 0.225 e. The van der Waals surface area contributed by atoms with Gasteiger partial charge in [0.25, 0.3) is 0 Å². The average Bonchev–Trinajstić information content (AvgIpc) is 2.49. The van der Waals surface area contributed by atoms with Crippen LogP contribution in [0.2, 0.25) is 0 Å². The number of nitrogens with one attached hydrogen (secondary N) is 1. The molecule has 3 nitrogen and oxygen atoms in total. The van der Waals surface area contributed by atoms with Crippen molar-refractivity contribution >= 4 is 17.4 Å². The van der Waals surface area contributed by atoms with Crippen LogP contribution in [0, 0.1) is 6.92 Å². The minimum atomic E-state index is -0.0808. The molecule has 1 amide bonds. The van der Waals surface area contributed by atoms with Crippen LogP contribution in [0.25, 0.3) is 0 Å². The van der Waals surface area contributed by atoms with Crippen molar-refractivity contribution in [2.75, 3.05) is 5.32 Å². The number of ketones is 1. The lowest BCUT2D eigenvalue weighted by Gasteiger charge is -2.16. The first kappa shape index (κ1) is 16.0. The highest BCUT2D eigenvalue weighted by molar-refractivity contribution is 5.92. The molecule has 0 aliphatic rings. The normalized spacial score (nSPS) is 11.7. The number of Topliss-reactive ketones (excluding diaryl/α,β-unsaturated/α-hetero) is 1. The summed E-state index contributed by atoms with van der Waals surface area (Å²) in [5.74, 6) is -0.0512. The second-order valence-electron chi connectivity index (χ2n) is 5.58. The van der Waals surface area contributed by atoms with Crippen LogP contribution in [-0.4, -0.2) is 11.7 Å². The van der Waals surface area contributed by atoms with E-state index in [1.54, 1.807) is 6.92 Å². The van der Waals surface area contributed by atoms with Gasteiger partial charge in [0.2, 0.25) is 5.91 Å². The molecule has 0 heterocycles. The standard InChI is InChI=1S/C19H21NO2/c1-14-8-6-7-11-18(14)20-19(22)13-17(12-15(2)21)16-9-4-3-5-10-16/h3-11,17H,12-13H2,1-2H3,(H,20,22)/t17-/m1/s1. The fourth-order valence-corrected chi connectivity index (χ4v) is 2.52. The van der Waals surface area contributed by atoms with Crippen molar-refractivity contribution in [2.45, 2.75) is 32.6 Å². The molecule has 0 saturated carbocycles. The molecule has 3 heteroatoms. The summed E-state index contributed by atoms with van der Waals surface area (Å²) in [4.78, 5) is 23.8. The lowest BCUT2D eigenvalue weighted by Crippen LogP contribution is -2.17. The first-order valence-electron chi connectivity index (χ1n) is 7.46. The monoisotopic (exact) mass is 295 g/mol. The lowest BCUT2D eigenvalue weighted by atomic mass is 9.90. The van der Waals surface area contributed by atoms with Gasteiger partial charge in [-0.2, -0.15) is 0 Å². The smallest absolute Gasteiger partial charge is 0.225 e. The van der Waals surface area contributed by atoms with Gasteiger partial charge in [0.15, 0.2) is 0 Å². The Morgan fingerprint density at radius 2 is 1.59 bits per heavy atom. The van der Waals surface area contributed by atoms with Crippen molar-refractivity contribution in [3.63, 3.8) is 0 Å². The summed E-state index contributed by atoms with van der Waals surface area (Å²) in [7, 11) is 0. The number of rotatable bonds is 6. The third kappa shape index (κ3) is 4.55. The number of hydrogen-bond acceptors (Lipinski definition) is 2. The third-order valence-electron chi connectivity index (χ3n) is 3.66. The van der Waals surface area contributed by atoms with Gasteiger partial charge in [0, 0.05) is 18.5 Å².